The minimum atomic E-state index is -4.34. The Balaban J connectivity index is 2.85. The lowest BCUT2D eigenvalue weighted by atomic mass is 10.2. The molecule has 12 heavy (non-hydrogen) atoms. The van der Waals surface area contributed by atoms with Crippen LogP contribution >= 0.6 is 11.3 Å². The van der Waals surface area contributed by atoms with E-state index in [4.69, 9.17) is 5.73 Å². The summed E-state index contributed by atoms with van der Waals surface area (Å²) in [6.45, 7) is 1.74. The van der Waals surface area contributed by atoms with Gasteiger partial charge in [0.1, 0.15) is 6.04 Å². The van der Waals surface area contributed by atoms with Crippen LogP contribution in [0, 0.1) is 6.92 Å². The van der Waals surface area contributed by atoms with Gasteiger partial charge < -0.3 is 5.73 Å². The summed E-state index contributed by atoms with van der Waals surface area (Å²) in [5, 5.41) is 1.65. The molecule has 0 saturated carbocycles. The third-order valence-electron chi connectivity index (χ3n) is 1.41. The normalized spacial score (nSPS) is 14.8. The molecule has 0 aromatic carbocycles. The summed E-state index contributed by atoms with van der Waals surface area (Å²) in [6, 6.07) is -0.376. The first-order valence-corrected chi connectivity index (χ1v) is 4.16. The van der Waals surface area contributed by atoms with Crippen LogP contribution in [0.15, 0.2) is 11.4 Å². The minimum absolute atomic E-state index is 0.167. The number of hydrogen-bond acceptors (Lipinski definition) is 2. The maximum Gasteiger partial charge on any atom is 0.408 e. The molecule has 0 saturated heterocycles. The summed E-state index contributed by atoms with van der Waals surface area (Å²) in [5.74, 6) is 0. The standard InChI is InChI=1S/C7H8F3NS/c1-4-2-5(12-3-4)6(11)7(8,9)10/h2-3,6H,11H2,1H3/t6-/m1/s1. The van der Waals surface area contributed by atoms with Crippen molar-refractivity contribution in [3.63, 3.8) is 0 Å². The molecule has 1 rings (SSSR count). The molecule has 2 N–H and O–H groups in total. The Morgan fingerprint density at radius 3 is 2.42 bits per heavy atom. The van der Waals surface area contributed by atoms with Crippen LogP contribution in [-0.4, -0.2) is 6.18 Å². The van der Waals surface area contributed by atoms with Crippen LogP contribution in [0.4, 0.5) is 13.2 Å². The predicted octanol–water partition coefficient (Wildman–Crippen LogP) is 2.62. The molecule has 0 spiro atoms. The molecule has 68 valence electrons. The van der Waals surface area contributed by atoms with Gasteiger partial charge >= 0.3 is 6.18 Å². The molecule has 0 bridgehead atoms. The molecule has 0 fully saturated rings. The first-order chi connectivity index (χ1) is 5.41. The Kier molecular flexibility index (Phi) is 2.44. The SMILES string of the molecule is Cc1csc([C@@H](N)C(F)(F)F)c1. The molecule has 1 aromatic heterocycles. The Morgan fingerprint density at radius 2 is 2.08 bits per heavy atom. The van der Waals surface area contributed by atoms with E-state index in [0.29, 0.717) is 0 Å². The average Bonchev–Trinajstić information content (AvgIpc) is 2.32. The van der Waals surface area contributed by atoms with E-state index < -0.39 is 12.2 Å². The van der Waals surface area contributed by atoms with Crippen molar-refractivity contribution < 1.29 is 13.2 Å². The second-order valence-electron chi connectivity index (χ2n) is 2.55. The van der Waals surface area contributed by atoms with E-state index in [9.17, 15) is 13.2 Å². The van der Waals surface area contributed by atoms with Crippen LogP contribution in [-0.2, 0) is 0 Å². The zero-order valence-corrected chi connectivity index (χ0v) is 7.17. The lowest BCUT2D eigenvalue weighted by molar-refractivity contribution is -0.148. The summed E-state index contributed by atoms with van der Waals surface area (Å²) >= 11 is 1.04. The Hall–Kier alpha value is -0.550. The second-order valence-corrected chi connectivity index (χ2v) is 3.49. The van der Waals surface area contributed by atoms with Crippen LogP contribution in [0.2, 0.25) is 0 Å². The molecule has 0 aliphatic rings. The van der Waals surface area contributed by atoms with Gasteiger partial charge in [-0.05, 0) is 23.9 Å². The topological polar surface area (TPSA) is 26.0 Å². The molecule has 5 heteroatoms. The summed E-state index contributed by atoms with van der Waals surface area (Å²) in [7, 11) is 0. The summed E-state index contributed by atoms with van der Waals surface area (Å²) in [6.07, 6.45) is -4.34. The molecule has 1 aromatic rings. The first-order valence-electron chi connectivity index (χ1n) is 3.28. The van der Waals surface area contributed by atoms with Gasteiger partial charge in [-0.3, -0.25) is 0 Å². The summed E-state index contributed by atoms with van der Waals surface area (Å²) in [5.41, 5.74) is 5.79. The van der Waals surface area contributed by atoms with Crippen LogP contribution < -0.4 is 5.73 Å². The van der Waals surface area contributed by atoms with Gasteiger partial charge in [0.05, 0.1) is 0 Å². The lowest BCUT2D eigenvalue weighted by Crippen LogP contribution is -2.27. The number of alkyl halides is 3. The Bertz CT molecular complexity index is 266. The molecule has 1 heterocycles. The quantitative estimate of drug-likeness (QED) is 0.732. The molecular weight excluding hydrogens is 187 g/mol. The largest absolute Gasteiger partial charge is 0.408 e. The van der Waals surface area contributed by atoms with Crippen LogP contribution in [0.3, 0.4) is 0 Å². The monoisotopic (exact) mass is 195 g/mol. The van der Waals surface area contributed by atoms with E-state index >= 15 is 0 Å². The second kappa shape index (κ2) is 3.06. The number of hydrogen-bond donors (Lipinski definition) is 1. The van der Waals surface area contributed by atoms with Crippen LogP contribution in [0.5, 0.6) is 0 Å². The van der Waals surface area contributed by atoms with Gasteiger partial charge in [-0.15, -0.1) is 11.3 Å². The molecule has 1 nitrogen and oxygen atoms in total. The van der Waals surface area contributed by atoms with Crippen molar-refractivity contribution in [2.45, 2.75) is 19.1 Å². The molecular formula is C7H8F3NS. The molecule has 1 atom stereocenters. The number of aryl methyl sites for hydroxylation is 1. The molecule has 0 aliphatic carbocycles. The van der Waals surface area contributed by atoms with Crippen LogP contribution in [0.25, 0.3) is 0 Å². The lowest BCUT2D eigenvalue weighted by Gasteiger charge is -2.12. The van der Waals surface area contributed by atoms with Gasteiger partial charge in [0, 0.05) is 4.88 Å². The van der Waals surface area contributed by atoms with Gasteiger partial charge in [-0.25, -0.2) is 0 Å². The predicted molar refractivity (Wildman–Crippen MR) is 42.0 cm³/mol. The Labute approximate surface area is 72.0 Å². The number of nitrogens with two attached hydrogens (primary N) is 1. The molecule has 0 amide bonds. The first kappa shape index (κ1) is 9.54. The number of halogens is 3. The minimum Gasteiger partial charge on any atom is -0.316 e. The highest BCUT2D eigenvalue weighted by Gasteiger charge is 2.38. The average molecular weight is 195 g/mol. The van der Waals surface area contributed by atoms with E-state index in [1.807, 2.05) is 0 Å². The van der Waals surface area contributed by atoms with E-state index in [1.165, 1.54) is 6.07 Å². The van der Waals surface area contributed by atoms with E-state index in [2.05, 4.69) is 0 Å². The number of thiophene rings is 1. The summed E-state index contributed by atoms with van der Waals surface area (Å²) < 4.78 is 36.1. The van der Waals surface area contributed by atoms with Gasteiger partial charge in [0.2, 0.25) is 0 Å². The highest BCUT2D eigenvalue weighted by atomic mass is 32.1. The fourth-order valence-corrected chi connectivity index (χ4v) is 1.70. The zero-order valence-electron chi connectivity index (χ0n) is 6.35. The number of rotatable bonds is 1. The molecule has 0 radical (unpaired) electrons. The van der Waals surface area contributed by atoms with Crippen molar-refractivity contribution in [2.75, 3.05) is 0 Å². The Morgan fingerprint density at radius 1 is 1.50 bits per heavy atom. The van der Waals surface area contributed by atoms with Crippen molar-refractivity contribution in [1.29, 1.82) is 0 Å². The highest BCUT2D eigenvalue weighted by Crippen LogP contribution is 2.33. The van der Waals surface area contributed by atoms with Crippen LogP contribution in [0.1, 0.15) is 16.5 Å². The van der Waals surface area contributed by atoms with E-state index in [0.717, 1.165) is 16.9 Å². The third kappa shape index (κ3) is 1.98. The highest BCUT2D eigenvalue weighted by molar-refractivity contribution is 7.10. The van der Waals surface area contributed by atoms with Crippen molar-refractivity contribution in [3.05, 3.63) is 21.9 Å². The van der Waals surface area contributed by atoms with Crippen molar-refractivity contribution in [1.82, 2.24) is 0 Å². The van der Waals surface area contributed by atoms with Gasteiger partial charge in [0.15, 0.2) is 0 Å². The summed E-state index contributed by atoms with van der Waals surface area (Å²) in [4.78, 5) is 0.167. The third-order valence-corrected chi connectivity index (χ3v) is 2.54. The van der Waals surface area contributed by atoms with Gasteiger partial charge in [-0.1, -0.05) is 0 Å². The van der Waals surface area contributed by atoms with Gasteiger partial charge in [-0.2, -0.15) is 13.2 Å². The van der Waals surface area contributed by atoms with Crippen molar-refractivity contribution >= 4 is 11.3 Å². The maximum absolute atomic E-state index is 12.0. The van der Waals surface area contributed by atoms with Crippen molar-refractivity contribution in [2.24, 2.45) is 5.73 Å². The fraction of sp³-hybridized carbons (Fsp3) is 0.429. The molecule has 0 unspecified atom stereocenters. The van der Waals surface area contributed by atoms with E-state index in [-0.39, 0.29) is 4.88 Å². The zero-order chi connectivity index (χ0) is 9.35. The van der Waals surface area contributed by atoms with Crippen molar-refractivity contribution in [3.8, 4) is 0 Å². The fourth-order valence-electron chi connectivity index (χ4n) is 0.778. The maximum atomic E-state index is 12.0. The molecule has 0 aliphatic heterocycles. The van der Waals surface area contributed by atoms with Gasteiger partial charge in [0.25, 0.3) is 0 Å². The smallest absolute Gasteiger partial charge is 0.316 e. The van der Waals surface area contributed by atoms with E-state index in [1.54, 1.807) is 12.3 Å².